The molecular formula is C19H23N3O2. The van der Waals surface area contributed by atoms with Crippen molar-refractivity contribution in [2.24, 2.45) is 0 Å². The molecule has 24 heavy (non-hydrogen) atoms. The van der Waals surface area contributed by atoms with Crippen molar-refractivity contribution in [2.45, 2.75) is 50.4 Å². The zero-order valence-corrected chi connectivity index (χ0v) is 13.9. The van der Waals surface area contributed by atoms with Crippen LogP contribution >= 0.6 is 0 Å². The minimum absolute atomic E-state index is 0.00224. The minimum Gasteiger partial charge on any atom is -0.341 e. The smallest absolute Gasteiger partial charge is 0.242 e. The normalized spacial score (nSPS) is 25.8. The van der Waals surface area contributed by atoms with E-state index in [1.165, 1.54) is 12.8 Å². The lowest BCUT2D eigenvalue weighted by Crippen LogP contribution is -2.49. The van der Waals surface area contributed by atoms with E-state index in [9.17, 15) is 9.59 Å². The first-order chi connectivity index (χ1) is 11.6. The van der Waals surface area contributed by atoms with Crippen LogP contribution in [0.5, 0.6) is 0 Å². The molecule has 2 bridgehead atoms. The second kappa shape index (κ2) is 6.06. The number of hydrogen-bond acceptors (Lipinski definition) is 3. The van der Waals surface area contributed by atoms with Crippen LogP contribution in [-0.4, -0.2) is 40.5 Å². The fourth-order valence-corrected chi connectivity index (χ4v) is 4.20. The summed E-state index contributed by atoms with van der Waals surface area (Å²) < 4.78 is 1.88. The predicted octanol–water partition coefficient (Wildman–Crippen LogP) is 1.74. The molecule has 4 rings (SSSR count). The number of pyridine rings is 1. The van der Waals surface area contributed by atoms with Gasteiger partial charge in [-0.25, -0.2) is 0 Å². The van der Waals surface area contributed by atoms with Gasteiger partial charge in [-0.2, -0.15) is 0 Å². The van der Waals surface area contributed by atoms with Crippen LogP contribution in [0.15, 0.2) is 41.3 Å². The number of fused-ring (bicyclic) bond motifs is 3. The van der Waals surface area contributed by atoms with Gasteiger partial charge in [0.1, 0.15) is 6.54 Å². The van der Waals surface area contributed by atoms with Gasteiger partial charge in [-0.05, 0) is 37.8 Å². The minimum atomic E-state index is -0.00224. The van der Waals surface area contributed by atoms with Crippen molar-refractivity contribution in [3.05, 3.63) is 46.8 Å². The molecular weight excluding hydrogens is 302 g/mol. The van der Waals surface area contributed by atoms with Gasteiger partial charge in [0.2, 0.25) is 5.91 Å². The van der Waals surface area contributed by atoms with E-state index in [1.807, 2.05) is 40.8 Å². The van der Waals surface area contributed by atoms with Crippen molar-refractivity contribution >= 4 is 16.8 Å². The molecule has 1 aromatic heterocycles. The molecule has 0 saturated carbocycles. The molecule has 5 heteroatoms. The third-order valence-corrected chi connectivity index (χ3v) is 5.58. The summed E-state index contributed by atoms with van der Waals surface area (Å²) in [4.78, 5) is 26.7. The molecule has 1 aromatic carbocycles. The third kappa shape index (κ3) is 2.73. The van der Waals surface area contributed by atoms with Crippen LogP contribution in [0.4, 0.5) is 0 Å². The number of nitrogens with one attached hydrogen (secondary N) is 1. The van der Waals surface area contributed by atoms with Crippen molar-refractivity contribution in [1.29, 1.82) is 0 Å². The zero-order chi connectivity index (χ0) is 16.7. The number of nitrogens with zero attached hydrogens (tertiary/aromatic N) is 2. The van der Waals surface area contributed by atoms with Crippen LogP contribution in [0.25, 0.3) is 10.9 Å². The number of carbonyl (C=O) groups excluding carboxylic acids is 1. The standard InChI is InChI=1S/C19H23N3O2/c1-21(15-10-13-6-7-14(11-15)20-13)19(24)12-22-9-8-18(23)16-4-2-3-5-17(16)22/h2-5,8-9,13-15,20H,6-7,10-12H2,1H3. The maximum atomic E-state index is 12.8. The number of likely N-dealkylation sites (N-methyl/N-ethyl adjacent to an activating group) is 1. The number of para-hydroxylation sites is 1. The Balaban J connectivity index is 1.54. The van der Waals surface area contributed by atoms with E-state index in [0.717, 1.165) is 18.4 Å². The van der Waals surface area contributed by atoms with Gasteiger partial charge in [0.05, 0.1) is 5.52 Å². The first-order valence-corrected chi connectivity index (χ1v) is 8.72. The Morgan fingerprint density at radius 1 is 1.21 bits per heavy atom. The molecule has 2 fully saturated rings. The molecule has 2 saturated heterocycles. The average Bonchev–Trinajstić information content (AvgIpc) is 2.95. The molecule has 2 aliphatic rings. The van der Waals surface area contributed by atoms with Gasteiger partial charge in [-0.15, -0.1) is 0 Å². The lowest BCUT2D eigenvalue weighted by atomic mass is 9.98. The molecule has 2 atom stereocenters. The van der Waals surface area contributed by atoms with Crippen molar-refractivity contribution < 1.29 is 4.79 Å². The molecule has 126 valence electrons. The number of aromatic nitrogens is 1. The summed E-state index contributed by atoms with van der Waals surface area (Å²) >= 11 is 0. The van der Waals surface area contributed by atoms with Gasteiger partial charge < -0.3 is 14.8 Å². The molecule has 0 radical (unpaired) electrons. The van der Waals surface area contributed by atoms with Crippen molar-refractivity contribution in [1.82, 2.24) is 14.8 Å². The number of amides is 1. The lowest BCUT2D eigenvalue weighted by molar-refractivity contribution is -0.133. The Bertz CT molecular complexity index is 817. The maximum absolute atomic E-state index is 12.8. The van der Waals surface area contributed by atoms with E-state index in [0.29, 0.717) is 23.5 Å². The van der Waals surface area contributed by atoms with E-state index in [-0.39, 0.29) is 17.9 Å². The fourth-order valence-electron chi connectivity index (χ4n) is 4.20. The quantitative estimate of drug-likeness (QED) is 0.935. The number of piperidine rings is 1. The van der Waals surface area contributed by atoms with E-state index in [1.54, 1.807) is 12.3 Å². The van der Waals surface area contributed by atoms with E-state index < -0.39 is 0 Å². The number of carbonyl (C=O) groups is 1. The fraction of sp³-hybridized carbons (Fsp3) is 0.474. The summed E-state index contributed by atoms with van der Waals surface area (Å²) in [7, 11) is 1.92. The summed E-state index contributed by atoms with van der Waals surface area (Å²) in [5.74, 6) is 0.107. The largest absolute Gasteiger partial charge is 0.341 e. The van der Waals surface area contributed by atoms with Gasteiger partial charge in [0, 0.05) is 42.8 Å². The SMILES string of the molecule is CN(C(=O)Cn1ccc(=O)c2ccccc21)C1CC2CCC(C1)N2. The highest BCUT2D eigenvalue weighted by Crippen LogP contribution is 2.29. The number of benzene rings is 1. The van der Waals surface area contributed by atoms with Gasteiger partial charge in [0.15, 0.2) is 5.43 Å². The van der Waals surface area contributed by atoms with E-state index in [2.05, 4.69) is 5.32 Å². The molecule has 2 unspecified atom stereocenters. The van der Waals surface area contributed by atoms with Crippen LogP contribution in [0.1, 0.15) is 25.7 Å². The second-order valence-electron chi connectivity index (χ2n) is 7.09. The summed E-state index contributed by atoms with van der Waals surface area (Å²) in [6, 6.07) is 10.5. The average molecular weight is 325 g/mol. The highest BCUT2D eigenvalue weighted by atomic mass is 16.2. The summed E-state index contributed by atoms with van der Waals surface area (Å²) in [6.07, 6.45) is 6.27. The topological polar surface area (TPSA) is 54.3 Å². The molecule has 3 heterocycles. The molecule has 0 spiro atoms. The Kier molecular flexibility index (Phi) is 3.88. The van der Waals surface area contributed by atoms with Crippen LogP contribution in [0, 0.1) is 0 Å². The highest BCUT2D eigenvalue weighted by Gasteiger charge is 2.36. The second-order valence-corrected chi connectivity index (χ2v) is 7.09. The summed E-state index contributed by atoms with van der Waals surface area (Å²) in [5.41, 5.74) is 0.815. The number of rotatable bonds is 3. The third-order valence-electron chi connectivity index (χ3n) is 5.58. The summed E-state index contributed by atoms with van der Waals surface area (Å²) in [6.45, 7) is 0.274. The molecule has 1 amide bonds. The lowest BCUT2D eigenvalue weighted by Gasteiger charge is -2.35. The van der Waals surface area contributed by atoms with Crippen molar-refractivity contribution in [2.75, 3.05) is 7.05 Å². The van der Waals surface area contributed by atoms with Gasteiger partial charge in [-0.3, -0.25) is 9.59 Å². The first kappa shape index (κ1) is 15.4. The van der Waals surface area contributed by atoms with Gasteiger partial charge >= 0.3 is 0 Å². The maximum Gasteiger partial charge on any atom is 0.242 e. The predicted molar refractivity (Wildman–Crippen MR) is 93.9 cm³/mol. The van der Waals surface area contributed by atoms with Crippen LogP contribution in [0.3, 0.4) is 0 Å². The van der Waals surface area contributed by atoms with Crippen LogP contribution in [-0.2, 0) is 11.3 Å². The van der Waals surface area contributed by atoms with Crippen LogP contribution in [0.2, 0.25) is 0 Å². The highest BCUT2D eigenvalue weighted by molar-refractivity contribution is 5.82. The van der Waals surface area contributed by atoms with Crippen molar-refractivity contribution in [3.8, 4) is 0 Å². The zero-order valence-electron chi connectivity index (χ0n) is 13.9. The molecule has 0 aliphatic carbocycles. The van der Waals surface area contributed by atoms with E-state index in [4.69, 9.17) is 0 Å². The van der Waals surface area contributed by atoms with Crippen LogP contribution < -0.4 is 10.7 Å². The Morgan fingerprint density at radius 2 is 1.92 bits per heavy atom. The van der Waals surface area contributed by atoms with Gasteiger partial charge in [-0.1, -0.05) is 12.1 Å². The number of hydrogen-bond donors (Lipinski definition) is 1. The Morgan fingerprint density at radius 3 is 2.67 bits per heavy atom. The van der Waals surface area contributed by atoms with Crippen molar-refractivity contribution in [3.63, 3.8) is 0 Å². The monoisotopic (exact) mass is 325 g/mol. The Labute approximate surface area is 141 Å². The first-order valence-electron chi connectivity index (χ1n) is 8.72. The molecule has 5 nitrogen and oxygen atoms in total. The van der Waals surface area contributed by atoms with Gasteiger partial charge in [0.25, 0.3) is 0 Å². The molecule has 2 aromatic rings. The molecule has 1 N–H and O–H groups in total. The Hall–Kier alpha value is -2.14. The summed E-state index contributed by atoms with van der Waals surface area (Å²) in [5, 5.41) is 4.28. The molecule has 2 aliphatic heterocycles. The van der Waals surface area contributed by atoms with E-state index >= 15 is 0 Å².